The van der Waals surface area contributed by atoms with Crippen molar-refractivity contribution < 1.29 is 18.7 Å². The summed E-state index contributed by atoms with van der Waals surface area (Å²) in [6.45, 7) is 10.4. The molecule has 1 amide bonds. The molecule has 1 heterocycles. The third kappa shape index (κ3) is 4.25. The Balaban J connectivity index is 2.15. The fourth-order valence-corrected chi connectivity index (χ4v) is 3.43. The summed E-state index contributed by atoms with van der Waals surface area (Å²) in [5.41, 5.74) is 5.36. The number of fused-ring (bicyclic) bond motifs is 1. The average Bonchev–Trinajstić information content (AvgIpc) is 3.18. The average molecular weight is 405 g/mol. The van der Waals surface area contributed by atoms with Crippen molar-refractivity contribution in [1.82, 2.24) is 5.32 Å². The number of allylic oxidation sites excluding steroid dienone is 1. The number of benzene rings is 2. The van der Waals surface area contributed by atoms with Gasteiger partial charge in [-0.05, 0) is 50.1 Å². The van der Waals surface area contributed by atoms with Gasteiger partial charge in [0, 0.05) is 34.7 Å². The lowest BCUT2D eigenvalue weighted by atomic mass is 9.96. The molecule has 5 nitrogen and oxygen atoms in total. The molecular weight excluding hydrogens is 378 g/mol. The summed E-state index contributed by atoms with van der Waals surface area (Å²) in [6.07, 6.45) is 4.99. The van der Waals surface area contributed by atoms with E-state index >= 15 is 0 Å². The van der Waals surface area contributed by atoms with Crippen molar-refractivity contribution in [3.63, 3.8) is 0 Å². The van der Waals surface area contributed by atoms with E-state index in [0.29, 0.717) is 13.2 Å². The van der Waals surface area contributed by atoms with Crippen LogP contribution >= 0.6 is 0 Å². The molecule has 156 valence electrons. The van der Waals surface area contributed by atoms with E-state index in [-0.39, 0.29) is 5.91 Å². The topological polar surface area (TPSA) is 60.7 Å². The van der Waals surface area contributed by atoms with Crippen molar-refractivity contribution in [1.29, 1.82) is 0 Å². The lowest BCUT2D eigenvalue weighted by molar-refractivity contribution is -0.116. The van der Waals surface area contributed by atoms with Gasteiger partial charge in [-0.1, -0.05) is 18.2 Å². The molecule has 1 aromatic heterocycles. The van der Waals surface area contributed by atoms with E-state index in [1.165, 1.54) is 0 Å². The molecule has 30 heavy (non-hydrogen) atoms. The van der Waals surface area contributed by atoms with Crippen LogP contribution in [0.1, 0.15) is 25.0 Å². The molecule has 0 aliphatic rings. The first-order valence-electron chi connectivity index (χ1n) is 9.89. The molecule has 5 heteroatoms. The van der Waals surface area contributed by atoms with Gasteiger partial charge in [-0.3, -0.25) is 4.79 Å². The van der Waals surface area contributed by atoms with Crippen molar-refractivity contribution in [3.05, 3.63) is 66.5 Å². The number of furan rings is 1. The number of ether oxygens (including phenoxy) is 2. The van der Waals surface area contributed by atoms with Gasteiger partial charge >= 0.3 is 0 Å². The third-order valence-corrected chi connectivity index (χ3v) is 4.93. The standard InChI is InChI=1S/C25H27NO4/c1-6-12-26-23(27)13-16(3)20-14-21-22(18-8-10-19(28-5)11-9-18)15-30-25(21)17(4)24(20)29-7-2/h6,8-11,13-15H,1,7,12H2,2-5H3,(H,26,27)/b16-13+. The number of rotatable bonds is 8. The van der Waals surface area contributed by atoms with E-state index in [1.807, 2.05) is 51.1 Å². The van der Waals surface area contributed by atoms with Crippen molar-refractivity contribution in [3.8, 4) is 22.6 Å². The van der Waals surface area contributed by atoms with Gasteiger partial charge in [0.1, 0.15) is 17.1 Å². The fourth-order valence-electron chi connectivity index (χ4n) is 3.43. The molecule has 0 aliphatic carbocycles. The summed E-state index contributed by atoms with van der Waals surface area (Å²) in [7, 11) is 1.65. The molecule has 2 aromatic carbocycles. The minimum Gasteiger partial charge on any atom is -0.497 e. The molecule has 1 N–H and O–H groups in total. The first kappa shape index (κ1) is 21.2. The van der Waals surface area contributed by atoms with Gasteiger partial charge in [0.2, 0.25) is 5.91 Å². The van der Waals surface area contributed by atoms with Crippen LogP contribution in [0.2, 0.25) is 0 Å². The zero-order valence-electron chi connectivity index (χ0n) is 17.9. The SMILES string of the molecule is C=CCNC(=O)/C=C(\C)c1cc2c(-c3ccc(OC)cc3)coc2c(C)c1OCC. The van der Waals surface area contributed by atoms with E-state index in [0.717, 1.165) is 50.3 Å². The van der Waals surface area contributed by atoms with Gasteiger partial charge in [-0.2, -0.15) is 0 Å². The highest BCUT2D eigenvalue weighted by molar-refractivity contribution is 6.01. The van der Waals surface area contributed by atoms with Crippen LogP contribution in [0.25, 0.3) is 27.7 Å². The van der Waals surface area contributed by atoms with Crippen molar-refractivity contribution in [2.24, 2.45) is 0 Å². The molecule has 3 rings (SSSR count). The maximum absolute atomic E-state index is 12.2. The Morgan fingerprint density at radius 1 is 1.27 bits per heavy atom. The Hall–Kier alpha value is -3.47. The predicted octanol–water partition coefficient (Wildman–Crippen LogP) is 5.52. The Morgan fingerprint density at radius 3 is 2.63 bits per heavy atom. The molecule has 0 unspecified atom stereocenters. The number of carbonyl (C=O) groups is 1. The van der Waals surface area contributed by atoms with Gasteiger partial charge in [0.15, 0.2) is 0 Å². The van der Waals surface area contributed by atoms with Crippen LogP contribution in [-0.2, 0) is 4.79 Å². The van der Waals surface area contributed by atoms with E-state index in [4.69, 9.17) is 13.9 Å². The van der Waals surface area contributed by atoms with Crippen LogP contribution in [0.15, 0.2) is 59.7 Å². The monoisotopic (exact) mass is 405 g/mol. The largest absolute Gasteiger partial charge is 0.497 e. The second kappa shape index (κ2) is 9.35. The van der Waals surface area contributed by atoms with Crippen molar-refractivity contribution in [2.45, 2.75) is 20.8 Å². The maximum atomic E-state index is 12.2. The molecule has 0 saturated heterocycles. The number of nitrogens with one attached hydrogen (secondary N) is 1. The Bertz CT molecular complexity index is 1090. The third-order valence-electron chi connectivity index (χ3n) is 4.93. The number of amides is 1. The molecule has 0 aliphatic heterocycles. The zero-order valence-corrected chi connectivity index (χ0v) is 17.9. The van der Waals surface area contributed by atoms with Crippen LogP contribution < -0.4 is 14.8 Å². The van der Waals surface area contributed by atoms with Gasteiger partial charge < -0.3 is 19.2 Å². The van der Waals surface area contributed by atoms with Crippen molar-refractivity contribution in [2.75, 3.05) is 20.3 Å². The lowest BCUT2D eigenvalue weighted by Crippen LogP contribution is -2.20. The molecule has 0 radical (unpaired) electrons. The first-order chi connectivity index (χ1) is 14.5. The van der Waals surface area contributed by atoms with Gasteiger partial charge in [0.25, 0.3) is 0 Å². The number of hydrogen-bond acceptors (Lipinski definition) is 4. The summed E-state index contributed by atoms with van der Waals surface area (Å²) >= 11 is 0. The minimum absolute atomic E-state index is 0.171. The minimum atomic E-state index is -0.171. The van der Waals surface area contributed by atoms with E-state index in [9.17, 15) is 4.79 Å². The molecule has 0 atom stereocenters. The number of methoxy groups -OCH3 is 1. The van der Waals surface area contributed by atoms with E-state index < -0.39 is 0 Å². The summed E-state index contributed by atoms with van der Waals surface area (Å²) in [4.78, 5) is 12.2. The van der Waals surface area contributed by atoms with Crippen LogP contribution in [0, 0.1) is 6.92 Å². The summed E-state index contributed by atoms with van der Waals surface area (Å²) in [5.74, 6) is 1.35. The highest BCUT2D eigenvalue weighted by Gasteiger charge is 2.19. The van der Waals surface area contributed by atoms with E-state index in [2.05, 4.69) is 11.9 Å². The van der Waals surface area contributed by atoms with Gasteiger partial charge in [-0.15, -0.1) is 6.58 Å². The summed E-state index contributed by atoms with van der Waals surface area (Å²) in [5, 5.41) is 3.74. The fraction of sp³-hybridized carbons (Fsp3) is 0.240. The Labute approximate surface area is 177 Å². The highest BCUT2D eigenvalue weighted by Crippen LogP contribution is 2.41. The summed E-state index contributed by atoms with van der Waals surface area (Å²) in [6, 6.07) is 9.88. The Kier molecular flexibility index (Phi) is 6.62. The van der Waals surface area contributed by atoms with Crippen LogP contribution in [0.5, 0.6) is 11.5 Å². The van der Waals surface area contributed by atoms with Crippen LogP contribution in [-0.4, -0.2) is 26.2 Å². The predicted molar refractivity (Wildman–Crippen MR) is 121 cm³/mol. The second-order valence-electron chi connectivity index (χ2n) is 6.93. The molecule has 0 fully saturated rings. The Morgan fingerprint density at radius 2 is 2.00 bits per heavy atom. The molecule has 3 aromatic rings. The van der Waals surface area contributed by atoms with Crippen molar-refractivity contribution >= 4 is 22.4 Å². The van der Waals surface area contributed by atoms with E-state index in [1.54, 1.807) is 25.5 Å². The van der Waals surface area contributed by atoms with Crippen LogP contribution in [0.4, 0.5) is 0 Å². The number of aryl methyl sites for hydroxylation is 1. The maximum Gasteiger partial charge on any atom is 0.244 e. The normalized spacial score (nSPS) is 11.4. The first-order valence-corrected chi connectivity index (χ1v) is 9.89. The van der Waals surface area contributed by atoms with Gasteiger partial charge in [0.05, 0.1) is 20.0 Å². The van der Waals surface area contributed by atoms with Crippen LogP contribution in [0.3, 0.4) is 0 Å². The molecule has 0 saturated carbocycles. The highest BCUT2D eigenvalue weighted by atomic mass is 16.5. The summed E-state index contributed by atoms with van der Waals surface area (Å²) < 4.78 is 17.1. The molecular formula is C25H27NO4. The molecule has 0 spiro atoms. The molecule has 0 bridgehead atoms. The zero-order chi connectivity index (χ0) is 21.7. The smallest absolute Gasteiger partial charge is 0.244 e. The van der Waals surface area contributed by atoms with Gasteiger partial charge in [-0.25, -0.2) is 0 Å². The quantitative estimate of drug-likeness (QED) is 0.396. The lowest BCUT2D eigenvalue weighted by Gasteiger charge is -2.15. The number of carbonyl (C=O) groups excluding carboxylic acids is 1. The second-order valence-corrected chi connectivity index (χ2v) is 6.93. The number of hydrogen-bond donors (Lipinski definition) is 1.